The molecule has 0 bridgehead atoms. The number of ether oxygens (including phenoxy) is 1. The number of piperidine rings is 1. The van der Waals surface area contributed by atoms with E-state index in [1.54, 1.807) is 6.92 Å². The molecule has 0 radical (unpaired) electrons. The van der Waals surface area contributed by atoms with E-state index in [0.717, 1.165) is 19.4 Å². The molecule has 1 aromatic rings. The first-order valence-corrected chi connectivity index (χ1v) is 8.54. The van der Waals surface area contributed by atoms with Crippen LogP contribution in [0.2, 0.25) is 0 Å². The Balaban J connectivity index is 1.40. The van der Waals surface area contributed by atoms with Crippen LogP contribution < -0.4 is 5.32 Å². The highest BCUT2D eigenvalue weighted by molar-refractivity contribution is 5.67. The Morgan fingerprint density at radius 3 is 2.83 bits per heavy atom. The predicted octanol–water partition coefficient (Wildman–Crippen LogP) is 3.30. The number of amides is 1. The summed E-state index contributed by atoms with van der Waals surface area (Å²) in [7, 11) is 0. The van der Waals surface area contributed by atoms with Crippen molar-refractivity contribution < 1.29 is 13.9 Å². The average Bonchev–Trinajstić information content (AvgIpc) is 3.34. The predicted molar refractivity (Wildman–Crippen MR) is 86.9 cm³/mol. The van der Waals surface area contributed by atoms with Gasteiger partial charge in [-0.2, -0.15) is 0 Å². The van der Waals surface area contributed by atoms with Gasteiger partial charge in [-0.25, -0.2) is 9.18 Å². The SMILES string of the molecule is CCOC(=O)N1CCC(CN[C@@H]2C[C@H]2c2ccccc2)CC1F. The molecule has 4 nitrogen and oxygen atoms in total. The molecule has 1 aliphatic carbocycles. The van der Waals surface area contributed by atoms with Crippen molar-refractivity contribution in [1.82, 2.24) is 10.2 Å². The van der Waals surface area contributed by atoms with Crippen molar-refractivity contribution in [2.24, 2.45) is 5.92 Å². The van der Waals surface area contributed by atoms with Gasteiger partial charge in [0.25, 0.3) is 0 Å². The Kier molecular flexibility index (Phi) is 5.16. The summed E-state index contributed by atoms with van der Waals surface area (Å²) < 4.78 is 19.0. The number of hydrogen-bond acceptors (Lipinski definition) is 3. The van der Waals surface area contributed by atoms with Gasteiger partial charge >= 0.3 is 6.09 Å². The first-order valence-electron chi connectivity index (χ1n) is 8.54. The molecule has 1 aliphatic heterocycles. The Morgan fingerprint density at radius 2 is 2.13 bits per heavy atom. The van der Waals surface area contributed by atoms with Crippen LogP contribution in [0.15, 0.2) is 30.3 Å². The highest BCUT2D eigenvalue weighted by Gasteiger charge is 2.39. The highest BCUT2D eigenvalue weighted by Crippen LogP contribution is 2.40. The third-order valence-corrected chi connectivity index (χ3v) is 4.83. The van der Waals surface area contributed by atoms with E-state index in [1.807, 2.05) is 6.07 Å². The van der Waals surface area contributed by atoms with Gasteiger partial charge in [-0.05, 0) is 37.8 Å². The molecule has 23 heavy (non-hydrogen) atoms. The second-order valence-electron chi connectivity index (χ2n) is 6.48. The standard InChI is InChI=1S/C18H25FN2O2/c1-2-23-18(22)21-9-8-13(10-17(21)19)12-20-16-11-15(16)14-6-4-3-5-7-14/h3-7,13,15-17,20H,2,8-12H2,1H3/t13?,15-,16+,17?/m0/s1. The number of likely N-dealkylation sites (tertiary alicyclic amines) is 1. The molecule has 2 unspecified atom stereocenters. The van der Waals surface area contributed by atoms with Crippen LogP contribution in [-0.4, -0.2) is 43.0 Å². The maximum atomic E-state index is 14.2. The van der Waals surface area contributed by atoms with Gasteiger partial charge in [0.05, 0.1) is 6.61 Å². The summed E-state index contributed by atoms with van der Waals surface area (Å²) in [5, 5.41) is 3.56. The smallest absolute Gasteiger partial charge is 0.412 e. The number of carbonyl (C=O) groups excluding carboxylic acids is 1. The lowest BCUT2D eigenvalue weighted by atomic mass is 9.96. The summed E-state index contributed by atoms with van der Waals surface area (Å²) in [4.78, 5) is 12.9. The molecule has 0 spiro atoms. The summed E-state index contributed by atoms with van der Waals surface area (Å²) >= 11 is 0. The second kappa shape index (κ2) is 7.30. The van der Waals surface area contributed by atoms with Crippen LogP contribution in [0, 0.1) is 5.92 Å². The second-order valence-corrected chi connectivity index (χ2v) is 6.48. The summed E-state index contributed by atoms with van der Waals surface area (Å²) in [6, 6.07) is 11.0. The van der Waals surface area contributed by atoms with Gasteiger partial charge in [-0.3, -0.25) is 4.90 Å². The lowest BCUT2D eigenvalue weighted by molar-refractivity contribution is 0.0138. The maximum absolute atomic E-state index is 14.2. The van der Waals surface area contributed by atoms with E-state index in [-0.39, 0.29) is 12.5 Å². The number of benzene rings is 1. The fourth-order valence-electron chi connectivity index (χ4n) is 3.39. The van der Waals surface area contributed by atoms with Gasteiger partial charge in [0, 0.05) is 24.9 Å². The number of nitrogens with one attached hydrogen (secondary N) is 1. The van der Waals surface area contributed by atoms with E-state index in [2.05, 4.69) is 29.6 Å². The molecule has 1 aromatic carbocycles. The minimum absolute atomic E-state index is 0.285. The molecule has 1 saturated heterocycles. The average molecular weight is 320 g/mol. The molecule has 0 aromatic heterocycles. The van der Waals surface area contributed by atoms with Crippen molar-refractivity contribution in [3.63, 3.8) is 0 Å². The summed E-state index contributed by atoms with van der Waals surface area (Å²) in [5.41, 5.74) is 1.38. The van der Waals surface area contributed by atoms with Crippen LogP contribution >= 0.6 is 0 Å². The molecule has 2 aliphatic rings. The van der Waals surface area contributed by atoms with Crippen LogP contribution in [0.5, 0.6) is 0 Å². The molecule has 126 valence electrons. The van der Waals surface area contributed by atoms with Crippen molar-refractivity contribution in [2.75, 3.05) is 19.7 Å². The number of nitrogens with zero attached hydrogens (tertiary/aromatic N) is 1. The maximum Gasteiger partial charge on any atom is 0.412 e. The zero-order valence-corrected chi connectivity index (χ0v) is 13.6. The number of hydrogen-bond donors (Lipinski definition) is 1. The van der Waals surface area contributed by atoms with Gasteiger partial charge < -0.3 is 10.1 Å². The normalized spacial score (nSPS) is 30.1. The number of carbonyl (C=O) groups is 1. The largest absolute Gasteiger partial charge is 0.450 e. The zero-order valence-electron chi connectivity index (χ0n) is 13.6. The Hall–Kier alpha value is -1.62. The molecular weight excluding hydrogens is 295 g/mol. The molecule has 2 fully saturated rings. The molecule has 1 N–H and O–H groups in total. The van der Waals surface area contributed by atoms with E-state index in [0.29, 0.717) is 24.9 Å². The molecule has 3 rings (SSSR count). The Bertz CT molecular complexity index is 525. The quantitative estimate of drug-likeness (QED) is 0.847. The lowest BCUT2D eigenvalue weighted by Crippen LogP contribution is -2.46. The van der Waals surface area contributed by atoms with Crippen LogP contribution in [0.3, 0.4) is 0 Å². The number of halogens is 1. The van der Waals surface area contributed by atoms with E-state index < -0.39 is 12.4 Å². The minimum Gasteiger partial charge on any atom is -0.450 e. The monoisotopic (exact) mass is 320 g/mol. The summed E-state index contributed by atoms with van der Waals surface area (Å²) in [6.45, 7) is 3.29. The molecular formula is C18H25FN2O2. The van der Waals surface area contributed by atoms with Crippen LogP contribution in [0.25, 0.3) is 0 Å². The van der Waals surface area contributed by atoms with Gasteiger partial charge in [-0.1, -0.05) is 30.3 Å². The third kappa shape index (κ3) is 4.02. The van der Waals surface area contributed by atoms with E-state index in [9.17, 15) is 9.18 Å². The molecule has 1 saturated carbocycles. The van der Waals surface area contributed by atoms with E-state index in [4.69, 9.17) is 4.74 Å². The van der Waals surface area contributed by atoms with Crippen molar-refractivity contribution in [2.45, 2.75) is 44.4 Å². The fourth-order valence-corrected chi connectivity index (χ4v) is 3.39. The third-order valence-electron chi connectivity index (χ3n) is 4.83. The molecule has 5 heteroatoms. The van der Waals surface area contributed by atoms with Crippen LogP contribution in [0.4, 0.5) is 9.18 Å². The topological polar surface area (TPSA) is 41.6 Å². The summed E-state index contributed by atoms with van der Waals surface area (Å²) in [5.74, 6) is 0.879. The molecule has 4 atom stereocenters. The summed E-state index contributed by atoms with van der Waals surface area (Å²) in [6.07, 6.45) is 0.630. The van der Waals surface area contributed by atoms with E-state index in [1.165, 1.54) is 10.5 Å². The van der Waals surface area contributed by atoms with Crippen molar-refractivity contribution in [1.29, 1.82) is 0 Å². The number of rotatable bonds is 5. The Morgan fingerprint density at radius 1 is 1.35 bits per heavy atom. The van der Waals surface area contributed by atoms with E-state index >= 15 is 0 Å². The van der Waals surface area contributed by atoms with Crippen molar-refractivity contribution in [3.8, 4) is 0 Å². The van der Waals surface area contributed by atoms with Crippen LogP contribution in [-0.2, 0) is 4.74 Å². The fraction of sp³-hybridized carbons (Fsp3) is 0.611. The molecule has 1 heterocycles. The van der Waals surface area contributed by atoms with Gasteiger partial charge in [0.1, 0.15) is 0 Å². The first kappa shape index (κ1) is 16.2. The lowest BCUT2D eigenvalue weighted by Gasteiger charge is -2.34. The zero-order chi connectivity index (χ0) is 16.2. The van der Waals surface area contributed by atoms with Crippen molar-refractivity contribution >= 4 is 6.09 Å². The first-order chi connectivity index (χ1) is 11.2. The Labute approximate surface area is 137 Å². The van der Waals surface area contributed by atoms with Gasteiger partial charge in [-0.15, -0.1) is 0 Å². The molecule has 1 amide bonds. The van der Waals surface area contributed by atoms with Gasteiger partial charge in [0.15, 0.2) is 6.30 Å². The van der Waals surface area contributed by atoms with Gasteiger partial charge in [0.2, 0.25) is 0 Å². The van der Waals surface area contributed by atoms with Crippen LogP contribution in [0.1, 0.15) is 37.7 Å². The number of alkyl halides is 1. The van der Waals surface area contributed by atoms with Crippen molar-refractivity contribution in [3.05, 3.63) is 35.9 Å². The minimum atomic E-state index is -1.22. The highest BCUT2D eigenvalue weighted by atomic mass is 19.1.